The Kier molecular flexibility index (Phi) is 4.92. The van der Waals surface area contributed by atoms with Crippen LogP contribution >= 0.6 is 0 Å². The molecule has 0 unspecified atom stereocenters. The van der Waals surface area contributed by atoms with Crippen molar-refractivity contribution in [2.75, 3.05) is 36.0 Å². The first-order valence-electron chi connectivity index (χ1n) is 7.99. The van der Waals surface area contributed by atoms with Gasteiger partial charge in [0, 0.05) is 44.6 Å². The highest BCUT2D eigenvalue weighted by Gasteiger charge is 2.31. The number of anilines is 2. The summed E-state index contributed by atoms with van der Waals surface area (Å²) in [5.74, 6) is 0.759. The van der Waals surface area contributed by atoms with Crippen LogP contribution in [-0.4, -0.2) is 41.1 Å². The van der Waals surface area contributed by atoms with Crippen molar-refractivity contribution in [2.45, 2.75) is 12.6 Å². The van der Waals surface area contributed by atoms with Crippen molar-refractivity contribution < 1.29 is 18.1 Å². The molecule has 0 atom stereocenters. The lowest BCUT2D eigenvalue weighted by molar-refractivity contribution is -0.384. The third kappa shape index (κ3) is 3.84. The minimum Gasteiger partial charge on any atom is -0.355 e. The minimum atomic E-state index is -4.42. The van der Waals surface area contributed by atoms with Gasteiger partial charge in [-0.25, -0.2) is 9.97 Å². The Bertz CT molecular complexity index is 782. The Morgan fingerprint density at radius 1 is 1.04 bits per heavy atom. The van der Waals surface area contributed by atoms with Crippen LogP contribution in [0.5, 0.6) is 0 Å². The van der Waals surface area contributed by atoms with Gasteiger partial charge in [-0.3, -0.25) is 10.1 Å². The van der Waals surface area contributed by atoms with Gasteiger partial charge in [-0.05, 0) is 24.6 Å². The Morgan fingerprint density at radius 3 is 2.42 bits per heavy atom. The number of alkyl halides is 3. The second-order valence-electron chi connectivity index (χ2n) is 5.83. The molecule has 7 nitrogen and oxygen atoms in total. The zero-order valence-electron chi connectivity index (χ0n) is 13.7. The summed E-state index contributed by atoms with van der Waals surface area (Å²) in [6.45, 7) is 2.09. The molecule has 26 heavy (non-hydrogen) atoms. The van der Waals surface area contributed by atoms with Gasteiger partial charge in [-0.2, -0.15) is 13.2 Å². The van der Waals surface area contributed by atoms with Crippen LogP contribution in [0.4, 0.5) is 30.5 Å². The van der Waals surface area contributed by atoms with Gasteiger partial charge in [-0.15, -0.1) is 0 Å². The summed E-state index contributed by atoms with van der Waals surface area (Å²) >= 11 is 0. The molecule has 2 aromatic heterocycles. The standard InChI is InChI=1S/C16H16F3N5O2/c17-16(18,19)12-4-5-14(21-11-12)22-7-2-8-23(10-9-22)15-13(24(25)26)3-1-6-20-15/h1,3-6,11H,2,7-10H2. The summed E-state index contributed by atoms with van der Waals surface area (Å²) < 4.78 is 37.9. The third-order valence-corrected chi connectivity index (χ3v) is 4.16. The van der Waals surface area contributed by atoms with Crippen LogP contribution in [0.25, 0.3) is 0 Å². The number of nitrogens with zero attached hydrogens (tertiary/aromatic N) is 5. The predicted octanol–water partition coefficient (Wildman–Crippen LogP) is 3.12. The van der Waals surface area contributed by atoms with Crippen LogP contribution in [0, 0.1) is 10.1 Å². The van der Waals surface area contributed by atoms with Crippen molar-refractivity contribution in [3.8, 4) is 0 Å². The van der Waals surface area contributed by atoms with Crippen LogP contribution in [-0.2, 0) is 6.18 Å². The number of aromatic nitrogens is 2. The van der Waals surface area contributed by atoms with Crippen LogP contribution in [0.1, 0.15) is 12.0 Å². The van der Waals surface area contributed by atoms with E-state index in [1.54, 1.807) is 0 Å². The number of halogens is 3. The van der Waals surface area contributed by atoms with E-state index in [0.717, 1.165) is 12.3 Å². The molecule has 1 fully saturated rings. The van der Waals surface area contributed by atoms with Crippen molar-refractivity contribution >= 4 is 17.3 Å². The van der Waals surface area contributed by atoms with Gasteiger partial charge in [-0.1, -0.05) is 0 Å². The van der Waals surface area contributed by atoms with Gasteiger partial charge >= 0.3 is 11.9 Å². The molecule has 0 N–H and O–H groups in total. The van der Waals surface area contributed by atoms with Gasteiger partial charge in [0.15, 0.2) is 0 Å². The van der Waals surface area contributed by atoms with Crippen LogP contribution in [0.15, 0.2) is 36.7 Å². The fourth-order valence-electron chi connectivity index (χ4n) is 2.87. The molecule has 138 valence electrons. The van der Waals surface area contributed by atoms with E-state index < -0.39 is 16.7 Å². The van der Waals surface area contributed by atoms with Gasteiger partial charge in [0.25, 0.3) is 0 Å². The highest BCUT2D eigenvalue weighted by molar-refractivity contribution is 5.57. The van der Waals surface area contributed by atoms with E-state index in [1.807, 2.05) is 9.80 Å². The van der Waals surface area contributed by atoms with Crippen LogP contribution < -0.4 is 9.80 Å². The molecule has 1 saturated heterocycles. The molecular weight excluding hydrogens is 351 g/mol. The smallest absolute Gasteiger partial charge is 0.355 e. The quantitative estimate of drug-likeness (QED) is 0.613. The molecule has 0 aliphatic carbocycles. The monoisotopic (exact) mass is 367 g/mol. The second-order valence-corrected chi connectivity index (χ2v) is 5.83. The summed E-state index contributed by atoms with van der Waals surface area (Å²) in [6.07, 6.45) is -1.42. The van der Waals surface area contributed by atoms with E-state index in [0.29, 0.717) is 44.2 Å². The van der Waals surface area contributed by atoms with E-state index in [4.69, 9.17) is 0 Å². The number of hydrogen-bond donors (Lipinski definition) is 0. The lowest BCUT2D eigenvalue weighted by atomic mass is 10.2. The van der Waals surface area contributed by atoms with Crippen molar-refractivity contribution in [2.24, 2.45) is 0 Å². The maximum absolute atomic E-state index is 12.6. The fraction of sp³-hybridized carbons (Fsp3) is 0.375. The molecule has 0 saturated carbocycles. The molecule has 0 radical (unpaired) electrons. The third-order valence-electron chi connectivity index (χ3n) is 4.16. The molecule has 1 aliphatic rings. The van der Waals surface area contributed by atoms with E-state index in [1.165, 1.54) is 24.4 Å². The number of pyridine rings is 2. The van der Waals surface area contributed by atoms with Crippen molar-refractivity contribution in [3.63, 3.8) is 0 Å². The van der Waals surface area contributed by atoms with Gasteiger partial charge in [0.1, 0.15) is 5.82 Å². The Morgan fingerprint density at radius 2 is 1.77 bits per heavy atom. The molecule has 0 spiro atoms. The number of hydrogen-bond acceptors (Lipinski definition) is 6. The predicted molar refractivity (Wildman–Crippen MR) is 89.2 cm³/mol. The fourth-order valence-corrected chi connectivity index (χ4v) is 2.87. The summed E-state index contributed by atoms with van der Waals surface area (Å²) in [4.78, 5) is 22.4. The average molecular weight is 367 g/mol. The molecule has 10 heteroatoms. The molecule has 0 amide bonds. The average Bonchev–Trinajstić information content (AvgIpc) is 2.87. The van der Waals surface area contributed by atoms with E-state index in [2.05, 4.69) is 9.97 Å². The second kappa shape index (κ2) is 7.14. The zero-order valence-corrected chi connectivity index (χ0v) is 13.7. The lowest BCUT2D eigenvalue weighted by Gasteiger charge is -2.23. The van der Waals surface area contributed by atoms with E-state index in [9.17, 15) is 23.3 Å². The summed E-state index contributed by atoms with van der Waals surface area (Å²) in [5.41, 5.74) is -0.851. The summed E-state index contributed by atoms with van der Waals surface area (Å²) in [5, 5.41) is 11.2. The first-order chi connectivity index (χ1) is 12.4. The zero-order chi connectivity index (χ0) is 18.7. The maximum Gasteiger partial charge on any atom is 0.417 e. The van der Waals surface area contributed by atoms with Crippen molar-refractivity contribution in [1.82, 2.24) is 9.97 Å². The lowest BCUT2D eigenvalue weighted by Crippen LogP contribution is -2.32. The van der Waals surface area contributed by atoms with Gasteiger partial charge in [0.2, 0.25) is 5.82 Å². The highest BCUT2D eigenvalue weighted by atomic mass is 19.4. The normalized spacial score (nSPS) is 15.7. The van der Waals surface area contributed by atoms with Crippen molar-refractivity contribution in [3.05, 3.63) is 52.3 Å². The molecule has 0 aromatic carbocycles. The number of nitro groups is 1. The summed E-state index contributed by atoms with van der Waals surface area (Å²) in [6, 6.07) is 5.27. The van der Waals surface area contributed by atoms with E-state index in [-0.39, 0.29) is 5.69 Å². The van der Waals surface area contributed by atoms with E-state index >= 15 is 0 Å². The molecular formula is C16H16F3N5O2. The largest absolute Gasteiger partial charge is 0.417 e. The maximum atomic E-state index is 12.6. The molecule has 0 bridgehead atoms. The van der Waals surface area contributed by atoms with Crippen molar-refractivity contribution in [1.29, 1.82) is 0 Å². The first-order valence-corrected chi connectivity index (χ1v) is 7.99. The number of rotatable bonds is 3. The Hall–Kier alpha value is -2.91. The highest BCUT2D eigenvalue weighted by Crippen LogP contribution is 2.30. The SMILES string of the molecule is O=[N+]([O-])c1cccnc1N1CCCN(c2ccc(C(F)(F)F)cn2)CC1. The molecule has 2 aromatic rings. The van der Waals surface area contributed by atoms with Crippen LogP contribution in [0.2, 0.25) is 0 Å². The first kappa shape index (κ1) is 17.9. The minimum absolute atomic E-state index is 0.0615. The van der Waals surface area contributed by atoms with Gasteiger partial charge in [0.05, 0.1) is 10.5 Å². The van der Waals surface area contributed by atoms with Crippen LogP contribution in [0.3, 0.4) is 0 Å². The Balaban J connectivity index is 1.74. The summed E-state index contributed by atoms with van der Waals surface area (Å²) in [7, 11) is 0. The van der Waals surface area contributed by atoms with Gasteiger partial charge < -0.3 is 9.80 Å². The Labute approximate surface area is 147 Å². The molecule has 1 aliphatic heterocycles. The topological polar surface area (TPSA) is 75.4 Å². The molecule has 3 rings (SSSR count). The molecule has 3 heterocycles.